The molecule has 0 aliphatic carbocycles. The quantitative estimate of drug-likeness (QED) is 0.864. The van der Waals surface area contributed by atoms with Gasteiger partial charge in [0.15, 0.2) is 0 Å². The average molecular weight is 356 g/mol. The molecule has 0 unspecified atom stereocenters. The van der Waals surface area contributed by atoms with Gasteiger partial charge >= 0.3 is 0 Å². The molecule has 0 fully saturated rings. The van der Waals surface area contributed by atoms with E-state index in [1.165, 1.54) is 0 Å². The van der Waals surface area contributed by atoms with Gasteiger partial charge in [0, 0.05) is 30.9 Å². The van der Waals surface area contributed by atoms with Gasteiger partial charge in [0.05, 0.1) is 20.6 Å². The molecule has 2 aromatic rings. The maximum atomic E-state index is 12.5. The van der Waals surface area contributed by atoms with Crippen molar-refractivity contribution < 1.29 is 19.1 Å². The van der Waals surface area contributed by atoms with E-state index in [-0.39, 0.29) is 11.8 Å². The number of nitrogens with zero attached hydrogens (tertiary/aromatic N) is 1. The topological polar surface area (TPSA) is 67.9 Å². The fourth-order valence-corrected chi connectivity index (χ4v) is 2.46. The third-order valence-electron chi connectivity index (χ3n) is 4.08. The third kappa shape index (κ3) is 4.53. The number of hydrogen-bond acceptors (Lipinski definition) is 4. The molecule has 0 aromatic heterocycles. The van der Waals surface area contributed by atoms with E-state index in [0.29, 0.717) is 29.2 Å². The number of carbonyl (C=O) groups excluding carboxylic acids is 2. The summed E-state index contributed by atoms with van der Waals surface area (Å²) in [5.74, 6) is 0.943. The summed E-state index contributed by atoms with van der Waals surface area (Å²) in [7, 11) is 6.55. The van der Waals surface area contributed by atoms with E-state index >= 15 is 0 Å². The molecule has 0 atom stereocenters. The highest BCUT2D eigenvalue weighted by Gasteiger charge is 2.14. The molecule has 26 heavy (non-hydrogen) atoms. The smallest absolute Gasteiger partial charge is 0.255 e. The number of amides is 2. The Bertz CT molecular complexity index is 773. The molecule has 2 rings (SSSR count). The van der Waals surface area contributed by atoms with Crippen LogP contribution in [-0.2, 0) is 11.2 Å². The van der Waals surface area contributed by atoms with E-state index in [9.17, 15) is 9.59 Å². The fraction of sp³-hybridized carbons (Fsp3) is 0.300. The molecule has 0 saturated carbocycles. The summed E-state index contributed by atoms with van der Waals surface area (Å²) in [6, 6.07) is 10.6. The van der Waals surface area contributed by atoms with Gasteiger partial charge in [0.1, 0.15) is 11.5 Å². The third-order valence-corrected chi connectivity index (χ3v) is 4.08. The lowest BCUT2D eigenvalue weighted by atomic mass is 10.1. The van der Waals surface area contributed by atoms with Crippen molar-refractivity contribution in [1.29, 1.82) is 0 Å². The summed E-state index contributed by atoms with van der Waals surface area (Å²) in [5.41, 5.74) is 2.81. The highest BCUT2D eigenvalue weighted by Crippen LogP contribution is 2.29. The van der Waals surface area contributed by atoms with Gasteiger partial charge in [0.2, 0.25) is 5.91 Å². The number of nitrogens with one attached hydrogen (secondary N) is 1. The SMILES string of the molecule is COc1cc(C(=O)Nc2ccc(CC(=O)N(C)C)cc2)cc(OC)c1C. The molecule has 0 bridgehead atoms. The Morgan fingerprint density at radius 1 is 1.00 bits per heavy atom. The zero-order valence-corrected chi connectivity index (χ0v) is 15.8. The molecule has 138 valence electrons. The Balaban J connectivity index is 2.14. The summed E-state index contributed by atoms with van der Waals surface area (Å²) in [6.07, 6.45) is 0.327. The van der Waals surface area contributed by atoms with E-state index in [2.05, 4.69) is 5.32 Å². The van der Waals surface area contributed by atoms with Gasteiger partial charge in [-0.15, -0.1) is 0 Å². The monoisotopic (exact) mass is 356 g/mol. The first-order valence-electron chi connectivity index (χ1n) is 8.18. The van der Waals surface area contributed by atoms with Crippen molar-refractivity contribution in [1.82, 2.24) is 4.90 Å². The molecule has 0 radical (unpaired) electrons. The van der Waals surface area contributed by atoms with Crippen LogP contribution in [0.4, 0.5) is 5.69 Å². The second-order valence-electron chi connectivity index (χ2n) is 6.12. The lowest BCUT2D eigenvalue weighted by Gasteiger charge is -2.13. The van der Waals surface area contributed by atoms with Crippen LogP contribution in [0.3, 0.4) is 0 Å². The number of benzene rings is 2. The molecule has 6 heteroatoms. The molecule has 2 aromatic carbocycles. The lowest BCUT2D eigenvalue weighted by Crippen LogP contribution is -2.23. The van der Waals surface area contributed by atoms with Gasteiger partial charge in [-0.1, -0.05) is 12.1 Å². The van der Waals surface area contributed by atoms with Gasteiger partial charge in [-0.2, -0.15) is 0 Å². The number of likely N-dealkylation sites (N-methyl/N-ethyl adjacent to an activating group) is 1. The van der Waals surface area contributed by atoms with Crippen LogP contribution in [0.2, 0.25) is 0 Å². The van der Waals surface area contributed by atoms with Gasteiger partial charge in [-0.05, 0) is 36.8 Å². The number of hydrogen-bond donors (Lipinski definition) is 1. The Hall–Kier alpha value is -3.02. The van der Waals surface area contributed by atoms with Crippen molar-refractivity contribution in [2.24, 2.45) is 0 Å². The van der Waals surface area contributed by atoms with Crippen molar-refractivity contribution in [2.45, 2.75) is 13.3 Å². The zero-order valence-electron chi connectivity index (χ0n) is 15.8. The molecule has 0 aliphatic heterocycles. The van der Waals surface area contributed by atoms with Crippen LogP contribution in [0, 0.1) is 6.92 Å². The summed E-state index contributed by atoms with van der Waals surface area (Å²) >= 11 is 0. The van der Waals surface area contributed by atoms with Crippen LogP contribution in [0.1, 0.15) is 21.5 Å². The fourth-order valence-electron chi connectivity index (χ4n) is 2.46. The van der Waals surface area contributed by atoms with E-state index in [1.807, 2.05) is 19.1 Å². The molecule has 6 nitrogen and oxygen atoms in total. The maximum Gasteiger partial charge on any atom is 0.255 e. The van der Waals surface area contributed by atoms with Crippen molar-refractivity contribution >= 4 is 17.5 Å². The molecule has 2 amide bonds. The molecular weight excluding hydrogens is 332 g/mol. The van der Waals surface area contributed by atoms with Crippen LogP contribution in [0.15, 0.2) is 36.4 Å². The molecule has 1 N–H and O–H groups in total. The first-order valence-corrected chi connectivity index (χ1v) is 8.18. The van der Waals surface area contributed by atoms with E-state index < -0.39 is 0 Å². The van der Waals surface area contributed by atoms with Gasteiger partial charge in [-0.25, -0.2) is 0 Å². The first-order chi connectivity index (χ1) is 12.3. The van der Waals surface area contributed by atoms with E-state index in [0.717, 1.165) is 11.1 Å². The molecule has 0 saturated heterocycles. The predicted molar refractivity (Wildman–Crippen MR) is 101 cm³/mol. The number of ether oxygens (including phenoxy) is 2. The van der Waals surface area contributed by atoms with Crippen LogP contribution in [0.25, 0.3) is 0 Å². The van der Waals surface area contributed by atoms with Gasteiger partial charge in [0.25, 0.3) is 5.91 Å². The second kappa shape index (κ2) is 8.38. The highest BCUT2D eigenvalue weighted by atomic mass is 16.5. The highest BCUT2D eigenvalue weighted by molar-refractivity contribution is 6.05. The number of carbonyl (C=O) groups is 2. The van der Waals surface area contributed by atoms with Gasteiger partial charge in [-0.3, -0.25) is 9.59 Å². The minimum atomic E-state index is -0.265. The minimum Gasteiger partial charge on any atom is -0.496 e. The summed E-state index contributed by atoms with van der Waals surface area (Å²) in [5, 5.41) is 2.84. The van der Waals surface area contributed by atoms with Crippen molar-refractivity contribution in [3.05, 3.63) is 53.1 Å². The predicted octanol–water partition coefficient (Wildman–Crippen LogP) is 2.90. The van der Waals surface area contributed by atoms with Crippen molar-refractivity contribution in [3.63, 3.8) is 0 Å². The maximum absolute atomic E-state index is 12.5. The van der Waals surface area contributed by atoms with E-state index in [1.54, 1.807) is 57.5 Å². The Labute approximate surface area is 153 Å². The van der Waals surface area contributed by atoms with E-state index in [4.69, 9.17) is 9.47 Å². The standard InChI is InChI=1S/C20H24N2O4/c1-13-17(25-4)11-15(12-18(13)26-5)20(24)21-16-8-6-14(7-9-16)10-19(23)22(2)3/h6-9,11-12H,10H2,1-5H3,(H,21,24). The van der Waals surface area contributed by atoms with Crippen LogP contribution >= 0.6 is 0 Å². The summed E-state index contributed by atoms with van der Waals surface area (Å²) in [4.78, 5) is 25.8. The minimum absolute atomic E-state index is 0.0284. The Kier molecular flexibility index (Phi) is 6.22. The summed E-state index contributed by atoms with van der Waals surface area (Å²) < 4.78 is 10.6. The largest absolute Gasteiger partial charge is 0.496 e. The van der Waals surface area contributed by atoms with Crippen LogP contribution < -0.4 is 14.8 Å². The normalized spacial score (nSPS) is 10.2. The Morgan fingerprint density at radius 3 is 2.00 bits per heavy atom. The molecule has 0 spiro atoms. The number of methoxy groups -OCH3 is 2. The zero-order chi connectivity index (χ0) is 19.3. The van der Waals surface area contributed by atoms with Crippen LogP contribution in [-0.4, -0.2) is 45.0 Å². The first kappa shape index (κ1) is 19.3. The second-order valence-corrected chi connectivity index (χ2v) is 6.12. The summed E-state index contributed by atoms with van der Waals surface area (Å²) in [6.45, 7) is 1.87. The molecule has 0 aliphatic rings. The lowest BCUT2D eigenvalue weighted by molar-refractivity contribution is -0.127. The average Bonchev–Trinajstić information content (AvgIpc) is 2.63. The van der Waals surface area contributed by atoms with Crippen LogP contribution in [0.5, 0.6) is 11.5 Å². The van der Waals surface area contributed by atoms with Gasteiger partial charge < -0.3 is 19.7 Å². The molecule has 0 heterocycles. The molecular formula is C20H24N2O4. The van der Waals surface area contributed by atoms with Crippen molar-refractivity contribution in [3.8, 4) is 11.5 Å². The van der Waals surface area contributed by atoms with Crippen molar-refractivity contribution in [2.75, 3.05) is 33.6 Å². The number of anilines is 1. The Morgan fingerprint density at radius 2 is 1.54 bits per heavy atom. The number of rotatable bonds is 6.